The van der Waals surface area contributed by atoms with Crippen LogP contribution in [0.15, 0.2) is 23.2 Å². The number of rotatable bonds is 5. The zero-order valence-electron chi connectivity index (χ0n) is 15.5. The molecule has 0 aromatic heterocycles. The van der Waals surface area contributed by atoms with Crippen molar-refractivity contribution in [1.82, 2.24) is 0 Å². The summed E-state index contributed by atoms with van der Waals surface area (Å²) in [4.78, 5) is 18.8. The van der Waals surface area contributed by atoms with Gasteiger partial charge >= 0.3 is 0 Å². The molecule has 0 radical (unpaired) electrons. The van der Waals surface area contributed by atoms with Crippen LogP contribution in [0.3, 0.4) is 0 Å². The number of methoxy groups -OCH3 is 1. The monoisotopic (exact) mass is 430 g/mol. The number of benzene rings is 1. The summed E-state index contributed by atoms with van der Waals surface area (Å²) in [7, 11) is -1.57. The van der Waals surface area contributed by atoms with Gasteiger partial charge in [0, 0.05) is 16.9 Å². The third-order valence-electron chi connectivity index (χ3n) is 5.02. The summed E-state index contributed by atoms with van der Waals surface area (Å²) in [6, 6.07) is 5.03. The van der Waals surface area contributed by atoms with Gasteiger partial charge in [-0.1, -0.05) is 37.2 Å². The normalized spacial score (nSPS) is 25.2. The summed E-state index contributed by atoms with van der Waals surface area (Å²) in [5.41, 5.74) is 0.717. The smallest absolute Gasteiger partial charge is 0.251 e. The molecule has 9 heteroatoms. The number of carbonyl (C=O) groups excluding carboxylic acids is 1. The van der Waals surface area contributed by atoms with Crippen LogP contribution in [0, 0.1) is 5.92 Å². The number of sulfone groups is 1. The minimum Gasteiger partial charge on any atom is -0.495 e. The zero-order chi connectivity index (χ0) is 19.8. The number of thioether (sulfide) groups is 1. The molecule has 2 aliphatic heterocycles. The van der Waals surface area contributed by atoms with Crippen LogP contribution in [0.5, 0.6) is 5.75 Å². The lowest BCUT2D eigenvalue weighted by Gasteiger charge is -2.25. The SMILES string of the molecule is CCC(CC)C(=O)N=C1S[C@H]2CS(=O)(=O)C[C@H]2N1c1ccc(OC)c(Cl)c1. The Morgan fingerprint density at radius 3 is 2.67 bits per heavy atom. The summed E-state index contributed by atoms with van der Waals surface area (Å²) in [6.45, 7) is 3.94. The molecule has 2 saturated heterocycles. The zero-order valence-corrected chi connectivity index (χ0v) is 17.9. The first-order valence-corrected chi connectivity index (χ1v) is 12.0. The topological polar surface area (TPSA) is 76.0 Å². The van der Waals surface area contributed by atoms with Crippen molar-refractivity contribution in [3.8, 4) is 5.75 Å². The lowest BCUT2D eigenvalue weighted by Crippen LogP contribution is -2.38. The molecule has 0 saturated carbocycles. The van der Waals surface area contributed by atoms with Crippen molar-refractivity contribution in [2.24, 2.45) is 10.9 Å². The van der Waals surface area contributed by atoms with Gasteiger partial charge in [-0.15, -0.1) is 0 Å². The van der Waals surface area contributed by atoms with Gasteiger partial charge in [-0.25, -0.2) is 8.42 Å². The third-order valence-corrected chi connectivity index (χ3v) is 8.53. The van der Waals surface area contributed by atoms with Crippen molar-refractivity contribution in [3.05, 3.63) is 23.2 Å². The molecule has 3 rings (SSSR count). The maximum atomic E-state index is 12.6. The van der Waals surface area contributed by atoms with Gasteiger partial charge in [-0.05, 0) is 31.0 Å². The van der Waals surface area contributed by atoms with E-state index in [2.05, 4.69) is 4.99 Å². The number of nitrogens with zero attached hydrogens (tertiary/aromatic N) is 2. The van der Waals surface area contributed by atoms with E-state index in [4.69, 9.17) is 16.3 Å². The molecule has 2 heterocycles. The molecular weight excluding hydrogens is 408 g/mol. The van der Waals surface area contributed by atoms with E-state index in [1.54, 1.807) is 12.1 Å². The number of amides is 1. The van der Waals surface area contributed by atoms with Crippen LogP contribution in [-0.4, -0.2) is 49.4 Å². The molecular formula is C18H23ClN2O4S2. The Hall–Kier alpha value is -1.25. The lowest BCUT2D eigenvalue weighted by molar-refractivity contribution is -0.121. The van der Waals surface area contributed by atoms with Crippen molar-refractivity contribution in [2.45, 2.75) is 38.0 Å². The largest absolute Gasteiger partial charge is 0.495 e. The summed E-state index contributed by atoms with van der Waals surface area (Å²) >= 11 is 7.64. The van der Waals surface area contributed by atoms with Crippen LogP contribution in [0.1, 0.15) is 26.7 Å². The highest BCUT2D eigenvalue weighted by Crippen LogP contribution is 2.42. The van der Waals surface area contributed by atoms with E-state index >= 15 is 0 Å². The Bertz CT molecular complexity index is 868. The maximum absolute atomic E-state index is 12.6. The first-order chi connectivity index (χ1) is 12.8. The van der Waals surface area contributed by atoms with Gasteiger partial charge in [0.2, 0.25) is 0 Å². The number of fused-ring (bicyclic) bond motifs is 1. The number of ether oxygens (including phenoxy) is 1. The molecule has 2 fully saturated rings. The van der Waals surface area contributed by atoms with Gasteiger partial charge in [0.15, 0.2) is 15.0 Å². The summed E-state index contributed by atoms with van der Waals surface area (Å²) in [5.74, 6) is 0.404. The van der Waals surface area contributed by atoms with Gasteiger partial charge < -0.3 is 9.64 Å². The number of hydrogen-bond donors (Lipinski definition) is 0. The van der Waals surface area contributed by atoms with Crippen molar-refractivity contribution >= 4 is 50.0 Å². The number of carbonyl (C=O) groups is 1. The lowest BCUT2D eigenvalue weighted by atomic mass is 10.0. The van der Waals surface area contributed by atoms with E-state index in [0.29, 0.717) is 21.6 Å². The average molecular weight is 431 g/mol. The fourth-order valence-corrected chi connectivity index (χ4v) is 7.67. The van der Waals surface area contributed by atoms with Gasteiger partial charge in [0.05, 0.1) is 29.7 Å². The van der Waals surface area contributed by atoms with E-state index in [0.717, 1.165) is 12.8 Å². The Morgan fingerprint density at radius 1 is 1.37 bits per heavy atom. The second-order valence-electron chi connectivity index (χ2n) is 6.74. The minimum atomic E-state index is -3.11. The first-order valence-electron chi connectivity index (χ1n) is 8.92. The quantitative estimate of drug-likeness (QED) is 0.712. The van der Waals surface area contributed by atoms with Gasteiger partial charge in [0.1, 0.15) is 5.75 Å². The Morgan fingerprint density at radius 2 is 2.07 bits per heavy atom. The molecule has 0 N–H and O–H groups in total. The number of amidine groups is 1. The van der Waals surface area contributed by atoms with Crippen molar-refractivity contribution in [3.63, 3.8) is 0 Å². The highest BCUT2D eigenvalue weighted by molar-refractivity contribution is 8.16. The standard InChI is InChI=1S/C18H23ClN2O4S2/c1-4-11(5-2)17(22)20-18-21(12-6-7-15(25-3)13(19)8-12)14-9-27(23,24)10-16(14)26-18/h6-8,11,14,16H,4-5,9-10H2,1-3H3/t14-,16+/m1/s1. The van der Waals surface area contributed by atoms with E-state index < -0.39 is 9.84 Å². The predicted molar refractivity (Wildman–Crippen MR) is 111 cm³/mol. The molecule has 0 spiro atoms. The van der Waals surface area contributed by atoms with Crippen molar-refractivity contribution in [2.75, 3.05) is 23.5 Å². The number of halogens is 1. The van der Waals surface area contributed by atoms with Crippen LogP contribution < -0.4 is 9.64 Å². The highest BCUT2D eigenvalue weighted by atomic mass is 35.5. The molecule has 27 heavy (non-hydrogen) atoms. The Labute approximate surface area is 169 Å². The number of aliphatic imine (C=N–C) groups is 1. The number of anilines is 1. The van der Waals surface area contributed by atoms with Gasteiger partial charge in [-0.3, -0.25) is 4.79 Å². The molecule has 1 aromatic rings. The Kier molecular flexibility index (Phi) is 6.08. The third kappa shape index (κ3) is 4.12. The highest BCUT2D eigenvalue weighted by Gasteiger charge is 2.49. The molecule has 0 bridgehead atoms. The molecule has 1 amide bonds. The first kappa shape index (κ1) is 20.5. The van der Waals surface area contributed by atoms with Crippen LogP contribution in [0.25, 0.3) is 0 Å². The second-order valence-corrected chi connectivity index (χ2v) is 10.5. The van der Waals surface area contributed by atoms with E-state index in [-0.39, 0.29) is 34.6 Å². The predicted octanol–water partition coefficient (Wildman–Crippen LogP) is 3.39. The minimum absolute atomic E-state index is 0.0481. The molecule has 1 aromatic carbocycles. The van der Waals surface area contributed by atoms with Crippen LogP contribution in [0.2, 0.25) is 5.02 Å². The van der Waals surface area contributed by atoms with Gasteiger partial charge in [-0.2, -0.15) is 4.99 Å². The van der Waals surface area contributed by atoms with E-state index in [9.17, 15) is 13.2 Å². The fraction of sp³-hybridized carbons (Fsp3) is 0.556. The van der Waals surface area contributed by atoms with Crippen LogP contribution in [0.4, 0.5) is 5.69 Å². The van der Waals surface area contributed by atoms with E-state index in [1.165, 1.54) is 18.9 Å². The molecule has 148 valence electrons. The average Bonchev–Trinajstić information content (AvgIpc) is 3.06. The fourth-order valence-electron chi connectivity index (χ4n) is 3.50. The molecule has 0 unspecified atom stereocenters. The molecule has 2 aliphatic rings. The molecule has 2 atom stereocenters. The summed E-state index contributed by atoms with van der Waals surface area (Å²) in [6.07, 6.45) is 1.46. The van der Waals surface area contributed by atoms with Gasteiger partial charge in [0.25, 0.3) is 5.91 Å². The molecule has 0 aliphatic carbocycles. The number of hydrogen-bond acceptors (Lipinski definition) is 5. The summed E-state index contributed by atoms with van der Waals surface area (Å²) < 4.78 is 29.4. The Balaban J connectivity index is 2.01. The van der Waals surface area contributed by atoms with Crippen LogP contribution >= 0.6 is 23.4 Å². The van der Waals surface area contributed by atoms with E-state index in [1.807, 2.05) is 24.8 Å². The van der Waals surface area contributed by atoms with Crippen LogP contribution in [-0.2, 0) is 14.6 Å². The molecule has 6 nitrogen and oxygen atoms in total. The van der Waals surface area contributed by atoms with Crippen molar-refractivity contribution < 1.29 is 17.9 Å². The summed E-state index contributed by atoms with van der Waals surface area (Å²) in [5, 5.41) is 0.845. The maximum Gasteiger partial charge on any atom is 0.251 e. The van der Waals surface area contributed by atoms with Crippen molar-refractivity contribution in [1.29, 1.82) is 0 Å². The second kappa shape index (κ2) is 8.01.